The van der Waals surface area contributed by atoms with E-state index in [0.717, 1.165) is 39.3 Å². The average Bonchev–Trinajstić information content (AvgIpc) is 2.91. The van der Waals surface area contributed by atoms with Crippen molar-refractivity contribution in [1.82, 2.24) is 14.5 Å². The number of pyridine rings is 1. The molecule has 1 saturated carbocycles. The van der Waals surface area contributed by atoms with Gasteiger partial charge in [0.05, 0.1) is 17.7 Å². The minimum atomic E-state index is -1.08. The first-order valence-electron chi connectivity index (χ1n) is 9.03. The van der Waals surface area contributed by atoms with Gasteiger partial charge in [0.25, 0.3) is 5.56 Å². The van der Waals surface area contributed by atoms with Crippen molar-refractivity contribution in [1.29, 1.82) is 0 Å². The zero-order chi connectivity index (χ0) is 19.3. The van der Waals surface area contributed by atoms with Crippen LogP contribution in [-0.4, -0.2) is 24.3 Å². The van der Waals surface area contributed by atoms with E-state index in [4.69, 9.17) is 10.7 Å². The third-order valence-electron chi connectivity index (χ3n) is 5.10. The van der Waals surface area contributed by atoms with Crippen molar-refractivity contribution in [3.05, 3.63) is 34.4 Å². The number of nitrogens with zero attached hydrogens (tertiary/aromatic N) is 3. The number of hydrogen-bond donors (Lipinski definition) is 1. The van der Waals surface area contributed by atoms with Gasteiger partial charge in [0, 0.05) is 29.7 Å². The number of aryl methyl sites for hydroxylation is 1. The molecule has 3 aromatic heterocycles. The highest BCUT2D eigenvalue weighted by Gasteiger charge is 2.35. The normalized spacial score (nSPS) is 16.0. The molecule has 3 heterocycles. The fraction of sp³-hybridized carbons (Fsp3) is 0.421. The second-order valence-electron chi connectivity index (χ2n) is 7.31. The Morgan fingerprint density at radius 2 is 2.07 bits per heavy atom. The molecule has 0 unspecified atom stereocenters. The molecule has 27 heavy (non-hydrogen) atoms. The maximum Gasteiger partial charge on any atom is 0.253 e. The van der Waals surface area contributed by atoms with Crippen LogP contribution < -0.4 is 11.3 Å². The number of rotatable bonds is 4. The van der Waals surface area contributed by atoms with Gasteiger partial charge in [-0.05, 0) is 36.8 Å². The summed E-state index contributed by atoms with van der Waals surface area (Å²) in [5, 5.41) is 1.10. The summed E-state index contributed by atoms with van der Waals surface area (Å²) in [6.07, 6.45) is 4.62. The fourth-order valence-corrected chi connectivity index (χ4v) is 6.42. The molecule has 8 heteroatoms. The van der Waals surface area contributed by atoms with Gasteiger partial charge in [0.15, 0.2) is 0 Å². The predicted octanol–water partition coefficient (Wildman–Crippen LogP) is 3.42. The monoisotopic (exact) mass is 402 g/mol. The van der Waals surface area contributed by atoms with E-state index < -0.39 is 11.2 Å². The molecule has 0 aromatic carbocycles. The standard InChI is InChI=1S/C19H22N4O2S2/c1-10(2)12-7-14(13-8-15(24)23(3)9-21-13)22-18-16(12)17(20)19(26-18)27(25)11-5-4-6-11/h7-11H,4-6,20H2,1-3H3/t27-/m1/s1. The maximum absolute atomic E-state index is 12.9. The Morgan fingerprint density at radius 1 is 1.33 bits per heavy atom. The topological polar surface area (TPSA) is 96.9 Å². The van der Waals surface area contributed by atoms with Crippen molar-refractivity contribution in [2.24, 2.45) is 7.05 Å². The molecule has 0 aliphatic heterocycles. The molecule has 142 valence electrons. The first-order valence-corrected chi connectivity index (χ1v) is 11.1. The van der Waals surface area contributed by atoms with E-state index in [1.807, 2.05) is 6.07 Å². The number of aromatic nitrogens is 3. The Morgan fingerprint density at radius 3 is 2.67 bits per heavy atom. The largest absolute Gasteiger partial charge is 0.611 e. The second-order valence-corrected chi connectivity index (χ2v) is 10.2. The minimum absolute atomic E-state index is 0.134. The van der Waals surface area contributed by atoms with Crippen LogP contribution in [0.25, 0.3) is 21.6 Å². The van der Waals surface area contributed by atoms with Gasteiger partial charge in [-0.3, -0.25) is 4.79 Å². The van der Waals surface area contributed by atoms with Crippen LogP contribution >= 0.6 is 11.3 Å². The first kappa shape index (κ1) is 18.5. The van der Waals surface area contributed by atoms with Crippen LogP contribution in [0.3, 0.4) is 0 Å². The quantitative estimate of drug-likeness (QED) is 0.675. The maximum atomic E-state index is 12.9. The summed E-state index contributed by atoms with van der Waals surface area (Å²) in [6.45, 7) is 4.19. The highest BCUT2D eigenvalue weighted by atomic mass is 32.2. The van der Waals surface area contributed by atoms with Gasteiger partial charge in [-0.1, -0.05) is 25.2 Å². The van der Waals surface area contributed by atoms with Gasteiger partial charge in [-0.2, -0.15) is 0 Å². The lowest BCUT2D eigenvalue weighted by Gasteiger charge is -2.27. The molecule has 0 spiro atoms. The highest BCUT2D eigenvalue weighted by molar-refractivity contribution is 7.94. The van der Waals surface area contributed by atoms with Gasteiger partial charge in [-0.15, -0.1) is 0 Å². The summed E-state index contributed by atoms with van der Waals surface area (Å²) in [4.78, 5) is 21.8. The van der Waals surface area contributed by atoms with E-state index in [1.54, 1.807) is 7.05 Å². The molecule has 3 aromatic rings. The average molecular weight is 403 g/mol. The van der Waals surface area contributed by atoms with E-state index in [1.165, 1.54) is 28.3 Å². The highest BCUT2D eigenvalue weighted by Crippen LogP contribution is 2.44. The lowest BCUT2D eigenvalue weighted by molar-refractivity contribution is 0.478. The summed E-state index contributed by atoms with van der Waals surface area (Å²) in [6, 6.07) is 3.44. The van der Waals surface area contributed by atoms with Crippen molar-refractivity contribution >= 4 is 38.4 Å². The number of nitrogen functional groups attached to an aromatic ring is 1. The fourth-order valence-electron chi connectivity index (χ4n) is 3.20. The molecule has 6 nitrogen and oxygen atoms in total. The van der Waals surface area contributed by atoms with E-state index in [-0.39, 0.29) is 16.7 Å². The van der Waals surface area contributed by atoms with Crippen molar-refractivity contribution in [3.8, 4) is 11.4 Å². The van der Waals surface area contributed by atoms with Crippen LogP contribution in [0.5, 0.6) is 0 Å². The Kier molecular flexibility index (Phi) is 4.73. The molecule has 2 N–H and O–H groups in total. The van der Waals surface area contributed by atoms with Crippen molar-refractivity contribution in [2.75, 3.05) is 5.73 Å². The summed E-state index contributed by atoms with van der Waals surface area (Å²) in [5.41, 5.74) is 9.13. The molecule has 4 rings (SSSR count). The van der Waals surface area contributed by atoms with Crippen LogP contribution in [0.1, 0.15) is 44.6 Å². The second kappa shape index (κ2) is 6.92. The summed E-state index contributed by atoms with van der Waals surface area (Å²) in [7, 11) is 1.66. The van der Waals surface area contributed by atoms with Crippen LogP contribution in [0.2, 0.25) is 0 Å². The van der Waals surface area contributed by atoms with Crippen molar-refractivity contribution in [3.63, 3.8) is 0 Å². The zero-order valence-electron chi connectivity index (χ0n) is 15.6. The zero-order valence-corrected chi connectivity index (χ0v) is 17.2. The van der Waals surface area contributed by atoms with Gasteiger partial charge in [0.2, 0.25) is 4.21 Å². The summed E-state index contributed by atoms with van der Waals surface area (Å²) >= 11 is 0.330. The van der Waals surface area contributed by atoms with Crippen LogP contribution in [0.4, 0.5) is 5.69 Å². The van der Waals surface area contributed by atoms with Crippen molar-refractivity contribution in [2.45, 2.75) is 48.5 Å². The van der Waals surface area contributed by atoms with E-state index in [9.17, 15) is 9.35 Å². The SMILES string of the molecule is CC(C)c1cc(-c2cc(=O)n(C)cn2)nc2sc([S@+]([O-])C3CCC3)c(N)c12. The molecular formula is C19H22N4O2S2. The number of hydrogen-bond acceptors (Lipinski definition) is 6. The molecule has 1 aliphatic carbocycles. The Bertz CT molecular complexity index is 1070. The van der Waals surface area contributed by atoms with Gasteiger partial charge < -0.3 is 14.9 Å². The molecule has 1 aliphatic rings. The van der Waals surface area contributed by atoms with Gasteiger partial charge in [-0.25, -0.2) is 9.97 Å². The Balaban J connectivity index is 1.90. The lowest BCUT2D eigenvalue weighted by atomic mass is 9.99. The van der Waals surface area contributed by atoms with Gasteiger partial charge >= 0.3 is 0 Å². The molecule has 0 radical (unpaired) electrons. The molecule has 1 fully saturated rings. The third-order valence-corrected chi connectivity index (χ3v) is 8.39. The number of nitrogens with two attached hydrogens (primary N) is 1. The number of anilines is 1. The predicted molar refractivity (Wildman–Crippen MR) is 111 cm³/mol. The van der Waals surface area contributed by atoms with Crippen molar-refractivity contribution < 1.29 is 4.55 Å². The minimum Gasteiger partial charge on any atom is -0.611 e. The Labute approximate surface area is 164 Å². The van der Waals surface area contributed by atoms with E-state index >= 15 is 0 Å². The van der Waals surface area contributed by atoms with Crippen LogP contribution in [-0.2, 0) is 18.2 Å². The Hall–Kier alpha value is -1.90. The van der Waals surface area contributed by atoms with Crippen LogP contribution in [0, 0.1) is 0 Å². The number of fused-ring (bicyclic) bond motifs is 1. The lowest BCUT2D eigenvalue weighted by Crippen LogP contribution is -2.28. The molecular weight excluding hydrogens is 380 g/mol. The smallest absolute Gasteiger partial charge is 0.253 e. The van der Waals surface area contributed by atoms with E-state index in [2.05, 4.69) is 18.8 Å². The molecule has 1 atom stereocenters. The third kappa shape index (κ3) is 3.15. The summed E-state index contributed by atoms with van der Waals surface area (Å²) in [5.74, 6) is 0.211. The summed E-state index contributed by atoms with van der Waals surface area (Å²) < 4.78 is 15.1. The first-order chi connectivity index (χ1) is 12.9. The molecule has 0 saturated heterocycles. The van der Waals surface area contributed by atoms with Gasteiger partial charge in [0.1, 0.15) is 15.8 Å². The molecule has 0 bridgehead atoms. The van der Waals surface area contributed by atoms with Crippen LogP contribution in [0.15, 0.2) is 27.5 Å². The number of thiophene rings is 1. The molecule has 0 amide bonds. The van der Waals surface area contributed by atoms with E-state index in [0.29, 0.717) is 17.1 Å².